The number of ether oxygens (including phenoxy) is 2. The van der Waals surface area contributed by atoms with Crippen LogP contribution in [0.3, 0.4) is 0 Å². The molecule has 136 valence electrons. The van der Waals surface area contributed by atoms with E-state index in [1.807, 2.05) is 24.3 Å². The Morgan fingerprint density at radius 3 is 2.77 bits per heavy atom. The third-order valence-electron chi connectivity index (χ3n) is 5.03. The van der Waals surface area contributed by atoms with Crippen molar-refractivity contribution in [1.82, 2.24) is 0 Å². The van der Waals surface area contributed by atoms with Crippen LogP contribution in [0.1, 0.15) is 49.7 Å². The third kappa shape index (κ3) is 4.13. The average molecular weight is 354 g/mol. The molecule has 2 aliphatic rings. The first-order chi connectivity index (χ1) is 12.5. The van der Waals surface area contributed by atoms with Crippen molar-refractivity contribution in [2.24, 2.45) is 5.92 Å². The van der Waals surface area contributed by atoms with E-state index in [0.717, 1.165) is 36.8 Å². The monoisotopic (exact) mass is 354 g/mol. The summed E-state index contributed by atoms with van der Waals surface area (Å²) in [5.41, 5.74) is 0.509. The molecule has 0 bridgehead atoms. The van der Waals surface area contributed by atoms with Gasteiger partial charge in [-0.1, -0.05) is 30.9 Å². The number of methoxy groups -OCH3 is 1. The number of esters is 2. The highest BCUT2D eigenvalue weighted by atomic mass is 16.6. The van der Waals surface area contributed by atoms with Gasteiger partial charge < -0.3 is 9.47 Å². The zero-order valence-corrected chi connectivity index (χ0v) is 14.9. The molecule has 5 heteroatoms. The molecular weight excluding hydrogens is 332 g/mol. The van der Waals surface area contributed by atoms with Crippen LogP contribution in [-0.2, 0) is 30.3 Å². The predicted octanol–water partition coefficient (Wildman–Crippen LogP) is 2.59. The van der Waals surface area contributed by atoms with Gasteiger partial charge in [0.1, 0.15) is 12.2 Å². The van der Waals surface area contributed by atoms with Crippen LogP contribution < -0.4 is 0 Å². The number of rotatable bonds is 3. The molecule has 2 fully saturated rings. The number of benzene rings is 1. The summed E-state index contributed by atoms with van der Waals surface area (Å²) in [4.78, 5) is 35.4. The van der Waals surface area contributed by atoms with E-state index in [-0.39, 0.29) is 36.9 Å². The van der Waals surface area contributed by atoms with Crippen LogP contribution in [0, 0.1) is 17.8 Å². The third-order valence-corrected chi connectivity index (χ3v) is 5.03. The van der Waals surface area contributed by atoms with Crippen molar-refractivity contribution in [3.63, 3.8) is 0 Å². The Balaban J connectivity index is 1.88. The largest absolute Gasteiger partial charge is 0.469 e. The van der Waals surface area contributed by atoms with Crippen LogP contribution in [0.5, 0.6) is 0 Å². The Bertz CT molecular complexity index is 761. The summed E-state index contributed by atoms with van der Waals surface area (Å²) in [6, 6.07) is 7.31. The van der Waals surface area contributed by atoms with Gasteiger partial charge in [-0.3, -0.25) is 14.4 Å². The van der Waals surface area contributed by atoms with Gasteiger partial charge in [0.25, 0.3) is 0 Å². The molecule has 1 unspecified atom stereocenters. The Labute approximate surface area is 153 Å². The van der Waals surface area contributed by atoms with E-state index in [0.29, 0.717) is 0 Å². The quantitative estimate of drug-likeness (QED) is 0.474. The van der Waals surface area contributed by atoms with Gasteiger partial charge in [-0.05, 0) is 36.5 Å². The molecular formula is C21H22O5. The number of hydrogen-bond acceptors (Lipinski definition) is 5. The molecule has 0 spiro atoms. The second-order valence-corrected chi connectivity index (χ2v) is 6.94. The maximum atomic E-state index is 12.0. The second kappa shape index (κ2) is 7.74. The van der Waals surface area contributed by atoms with E-state index >= 15 is 0 Å². The minimum absolute atomic E-state index is 0.0986. The molecule has 1 heterocycles. The first-order valence-electron chi connectivity index (χ1n) is 8.93. The average Bonchev–Trinajstić information content (AvgIpc) is 3.15. The molecule has 0 amide bonds. The Morgan fingerprint density at radius 2 is 2.08 bits per heavy atom. The zero-order valence-electron chi connectivity index (χ0n) is 14.9. The van der Waals surface area contributed by atoms with Crippen molar-refractivity contribution < 1.29 is 23.9 Å². The number of carbonyl (C=O) groups excluding carboxylic acids is 3. The fourth-order valence-corrected chi connectivity index (χ4v) is 3.76. The van der Waals surface area contributed by atoms with E-state index < -0.39 is 11.6 Å². The van der Waals surface area contributed by atoms with Crippen molar-refractivity contribution in [1.29, 1.82) is 0 Å². The molecule has 0 radical (unpaired) electrons. The van der Waals surface area contributed by atoms with Gasteiger partial charge in [0.05, 0.1) is 20.0 Å². The predicted molar refractivity (Wildman–Crippen MR) is 94.1 cm³/mol. The Morgan fingerprint density at radius 1 is 1.31 bits per heavy atom. The van der Waals surface area contributed by atoms with Gasteiger partial charge in [0.2, 0.25) is 0 Å². The highest BCUT2D eigenvalue weighted by Gasteiger charge is 2.47. The zero-order chi connectivity index (χ0) is 18.6. The first-order valence-corrected chi connectivity index (χ1v) is 8.93. The maximum Gasteiger partial charge on any atom is 0.314 e. The maximum absolute atomic E-state index is 12.0. The summed E-state index contributed by atoms with van der Waals surface area (Å²) in [6.07, 6.45) is 4.13. The number of cyclic esters (lactones) is 1. The van der Waals surface area contributed by atoms with Gasteiger partial charge in [-0.2, -0.15) is 0 Å². The van der Waals surface area contributed by atoms with Crippen molar-refractivity contribution in [2.45, 2.75) is 50.5 Å². The molecule has 1 saturated heterocycles. The van der Waals surface area contributed by atoms with Gasteiger partial charge in [0, 0.05) is 11.5 Å². The highest BCUT2D eigenvalue weighted by molar-refractivity contribution is 5.98. The minimum atomic E-state index is -1.01. The lowest BCUT2D eigenvalue weighted by Crippen LogP contribution is -2.46. The van der Waals surface area contributed by atoms with Gasteiger partial charge in [-0.15, -0.1) is 0 Å². The number of hydrogen-bond donors (Lipinski definition) is 0. The number of carbonyl (C=O) groups is 3. The molecule has 1 aromatic rings. The molecule has 1 atom stereocenters. The lowest BCUT2D eigenvalue weighted by molar-refractivity contribution is -0.168. The summed E-state index contributed by atoms with van der Waals surface area (Å²) >= 11 is 0. The number of Topliss-reactive ketones (excluding diaryl/α,β-unsaturated/α-hetero) is 1. The number of ketones is 1. The fraction of sp³-hybridized carbons (Fsp3) is 0.476. The molecule has 1 aliphatic heterocycles. The van der Waals surface area contributed by atoms with Crippen LogP contribution in [0.2, 0.25) is 0 Å². The van der Waals surface area contributed by atoms with Gasteiger partial charge in [0.15, 0.2) is 5.60 Å². The second-order valence-electron chi connectivity index (χ2n) is 6.94. The van der Waals surface area contributed by atoms with Gasteiger partial charge >= 0.3 is 11.9 Å². The van der Waals surface area contributed by atoms with Crippen LogP contribution in [0.25, 0.3) is 0 Å². The van der Waals surface area contributed by atoms with Crippen LogP contribution in [-0.4, -0.2) is 30.4 Å². The summed E-state index contributed by atoms with van der Waals surface area (Å²) in [5, 5.41) is 0. The summed E-state index contributed by atoms with van der Waals surface area (Å²) in [6.45, 7) is 0. The van der Waals surface area contributed by atoms with E-state index in [1.54, 1.807) is 0 Å². The Kier molecular flexibility index (Phi) is 5.41. The molecule has 26 heavy (non-hydrogen) atoms. The van der Waals surface area contributed by atoms with Gasteiger partial charge in [-0.25, -0.2) is 0 Å². The molecule has 3 rings (SSSR count). The minimum Gasteiger partial charge on any atom is -0.469 e. The van der Waals surface area contributed by atoms with Crippen molar-refractivity contribution >= 4 is 17.7 Å². The van der Waals surface area contributed by atoms with E-state index in [2.05, 4.69) is 16.6 Å². The summed E-state index contributed by atoms with van der Waals surface area (Å²) in [5.74, 6) is 5.38. The smallest absolute Gasteiger partial charge is 0.314 e. The Hall–Kier alpha value is -2.61. The standard InChI is InChI=1S/C21H22O5/c1-25-19(23)12-16-6-4-5-15(11-16)9-10-21(17-7-2-3-8-17)14-18(22)13-20(24)26-21/h4-6,11,17H,2-3,7-8,12-14H2,1H3. The van der Waals surface area contributed by atoms with E-state index in [9.17, 15) is 14.4 Å². The summed E-state index contributed by atoms with van der Waals surface area (Å²) in [7, 11) is 1.35. The lowest BCUT2D eigenvalue weighted by Gasteiger charge is -2.36. The molecule has 1 aromatic carbocycles. The molecule has 0 N–H and O–H groups in total. The SMILES string of the molecule is COC(=O)Cc1cccc(C#CC2(C3CCCC3)CC(=O)CC(=O)O2)c1. The van der Waals surface area contributed by atoms with Crippen LogP contribution in [0.15, 0.2) is 24.3 Å². The van der Waals surface area contributed by atoms with Crippen LogP contribution >= 0.6 is 0 Å². The highest BCUT2D eigenvalue weighted by Crippen LogP contribution is 2.40. The molecule has 1 aliphatic carbocycles. The van der Waals surface area contributed by atoms with Crippen molar-refractivity contribution in [2.75, 3.05) is 7.11 Å². The fourth-order valence-electron chi connectivity index (χ4n) is 3.76. The lowest BCUT2D eigenvalue weighted by atomic mass is 9.80. The van der Waals surface area contributed by atoms with Crippen molar-refractivity contribution in [3.05, 3.63) is 35.4 Å². The molecule has 5 nitrogen and oxygen atoms in total. The molecule has 1 saturated carbocycles. The first kappa shape index (κ1) is 18.2. The topological polar surface area (TPSA) is 69.7 Å². The van der Waals surface area contributed by atoms with Crippen molar-refractivity contribution in [3.8, 4) is 11.8 Å². The summed E-state index contributed by atoms with van der Waals surface area (Å²) < 4.78 is 10.3. The molecule has 0 aromatic heterocycles. The van der Waals surface area contributed by atoms with E-state index in [1.165, 1.54) is 7.11 Å². The van der Waals surface area contributed by atoms with Crippen LogP contribution in [0.4, 0.5) is 0 Å². The normalized spacial score (nSPS) is 23.1. The van der Waals surface area contributed by atoms with E-state index in [4.69, 9.17) is 4.74 Å².